The van der Waals surface area contributed by atoms with Crippen molar-refractivity contribution in [3.63, 3.8) is 0 Å². The van der Waals surface area contributed by atoms with E-state index >= 15 is 0 Å². The number of ether oxygens (including phenoxy) is 2. The number of rotatable bonds is 2. The molecule has 0 saturated carbocycles. The van der Waals surface area contributed by atoms with Gasteiger partial charge in [0.15, 0.2) is 17.3 Å². The van der Waals surface area contributed by atoms with E-state index in [1.54, 1.807) is 12.1 Å². The highest BCUT2D eigenvalue weighted by molar-refractivity contribution is 7.15. The molecule has 0 spiro atoms. The van der Waals surface area contributed by atoms with E-state index < -0.39 is 0 Å². The van der Waals surface area contributed by atoms with Gasteiger partial charge in [0.25, 0.3) is 5.56 Å². The first-order valence-corrected chi connectivity index (χ1v) is 8.94. The second-order valence-electron chi connectivity index (χ2n) is 5.65. The Bertz CT molecular complexity index is 1260. The summed E-state index contributed by atoms with van der Waals surface area (Å²) in [5, 5.41) is 8.78. The summed E-state index contributed by atoms with van der Waals surface area (Å²) in [4.78, 5) is 13.4. The van der Waals surface area contributed by atoms with Gasteiger partial charge in [-0.3, -0.25) is 4.79 Å². The second-order valence-corrected chi connectivity index (χ2v) is 7.07. The maximum Gasteiger partial charge on any atom is 0.276 e. The molecule has 2 aromatic carbocycles. The third-order valence-electron chi connectivity index (χ3n) is 4.06. The van der Waals surface area contributed by atoms with Gasteiger partial charge in [-0.15, -0.1) is 10.2 Å². The molecule has 0 unspecified atom stereocenters. The minimum atomic E-state index is -0.178. The summed E-state index contributed by atoms with van der Waals surface area (Å²) in [5.41, 5.74) is 1.34. The molecule has 8 heteroatoms. The Hall–Kier alpha value is -2.90. The van der Waals surface area contributed by atoms with Gasteiger partial charge in [-0.25, -0.2) is 4.40 Å². The SMILES string of the molecule is O=c1/c(=C\c2ccc3c(c2)OCO3)sc2nnc(-c3ccccc3Cl)n12. The zero-order valence-electron chi connectivity index (χ0n) is 13.2. The van der Waals surface area contributed by atoms with Crippen LogP contribution in [0.4, 0.5) is 0 Å². The van der Waals surface area contributed by atoms with Crippen molar-refractivity contribution in [1.82, 2.24) is 14.6 Å². The van der Waals surface area contributed by atoms with E-state index in [-0.39, 0.29) is 12.4 Å². The van der Waals surface area contributed by atoms with Gasteiger partial charge in [0.1, 0.15) is 0 Å². The molecule has 0 fully saturated rings. The van der Waals surface area contributed by atoms with Crippen LogP contribution in [0.1, 0.15) is 5.56 Å². The van der Waals surface area contributed by atoms with Crippen LogP contribution in [0.25, 0.3) is 22.4 Å². The molecule has 0 amide bonds. The van der Waals surface area contributed by atoms with E-state index in [2.05, 4.69) is 10.2 Å². The maximum absolute atomic E-state index is 12.9. The Balaban J connectivity index is 1.68. The Labute approximate surface area is 155 Å². The van der Waals surface area contributed by atoms with E-state index in [1.165, 1.54) is 15.7 Å². The normalized spacial score (nSPS) is 13.7. The van der Waals surface area contributed by atoms with Gasteiger partial charge in [-0.05, 0) is 35.9 Å². The summed E-state index contributed by atoms with van der Waals surface area (Å²) < 4.78 is 12.7. The monoisotopic (exact) mass is 383 g/mol. The van der Waals surface area contributed by atoms with Gasteiger partial charge in [0.2, 0.25) is 11.8 Å². The number of nitrogens with zero attached hydrogens (tertiary/aromatic N) is 3. The summed E-state index contributed by atoms with van der Waals surface area (Å²) in [6.45, 7) is 0.214. The van der Waals surface area contributed by atoms with Crippen LogP contribution in [0.5, 0.6) is 11.5 Å². The molecule has 0 atom stereocenters. The van der Waals surface area contributed by atoms with Gasteiger partial charge in [0.05, 0.1) is 9.55 Å². The number of fused-ring (bicyclic) bond motifs is 2. The highest BCUT2D eigenvalue weighted by Gasteiger charge is 2.17. The first-order chi connectivity index (χ1) is 12.7. The number of aromatic nitrogens is 3. The molecule has 2 aromatic heterocycles. The molecule has 6 nitrogen and oxygen atoms in total. The lowest BCUT2D eigenvalue weighted by molar-refractivity contribution is 0.174. The van der Waals surface area contributed by atoms with Crippen LogP contribution in [-0.2, 0) is 0 Å². The largest absolute Gasteiger partial charge is 0.454 e. The quantitative estimate of drug-likeness (QED) is 0.532. The summed E-state index contributed by atoms with van der Waals surface area (Å²) in [7, 11) is 0. The highest BCUT2D eigenvalue weighted by Crippen LogP contribution is 2.32. The average Bonchev–Trinajstić information content (AvgIpc) is 3.33. The molecule has 0 bridgehead atoms. The number of thiazole rings is 1. The van der Waals surface area contributed by atoms with Gasteiger partial charge >= 0.3 is 0 Å². The molecular weight excluding hydrogens is 374 g/mol. The zero-order valence-corrected chi connectivity index (χ0v) is 14.8. The number of hydrogen-bond donors (Lipinski definition) is 0. The van der Waals surface area contributed by atoms with E-state index in [4.69, 9.17) is 21.1 Å². The van der Waals surface area contributed by atoms with Gasteiger partial charge in [-0.2, -0.15) is 0 Å². The van der Waals surface area contributed by atoms with Gasteiger partial charge < -0.3 is 9.47 Å². The topological polar surface area (TPSA) is 65.7 Å². The predicted octanol–water partition coefficient (Wildman–Crippen LogP) is 2.75. The fourth-order valence-electron chi connectivity index (χ4n) is 2.83. The van der Waals surface area contributed by atoms with Crippen molar-refractivity contribution in [2.75, 3.05) is 6.79 Å². The van der Waals surface area contributed by atoms with Gasteiger partial charge in [0, 0.05) is 5.56 Å². The number of halogens is 1. The summed E-state index contributed by atoms with van der Waals surface area (Å²) >= 11 is 7.53. The molecule has 26 heavy (non-hydrogen) atoms. The zero-order chi connectivity index (χ0) is 17.7. The fourth-order valence-corrected chi connectivity index (χ4v) is 3.97. The van der Waals surface area contributed by atoms with E-state index in [1.807, 2.05) is 36.4 Å². The molecule has 0 radical (unpaired) electrons. The molecule has 0 N–H and O–H groups in total. The molecule has 0 aliphatic carbocycles. The lowest BCUT2D eigenvalue weighted by Crippen LogP contribution is -2.23. The number of hydrogen-bond acceptors (Lipinski definition) is 6. The summed E-state index contributed by atoms with van der Waals surface area (Å²) in [5.74, 6) is 1.82. The molecule has 3 heterocycles. The van der Waals surface area contributed by atoms with Crippen LogP contribution < -0.4 is 19.6 Å². The molecular formula is C18H10ClN3O3S. The van der Waals surface area contributed by atoms with E-state index in [9.17, 15) is 4.79 Å². The van der Waals surface area contributed by atoms with Crippen molar-refractivity contribution < 1.29 is 9.47 Å². The molecule has 5 rings (SSSR count). The molecule has 0 saturated heterocycles. The summed E-state index contributed by atoms with van der Waals surface area (Å²) in [6, 6.07) is 12.8. The van der Waals surface area contributed by atoms with Crippen molar-refractivity contribution >= 4 is 34.0 Å². The third kappa shape index (κ3) is 2.36. The maximum atomic E-state index is 12.9. The Kier molecular flexibility index (Phi) is 3.44. The minimum Gasteiger partial charge on any atom is -0.454 e. The van der Waals surface area contributed by atoms with Crippen molar-refractivity contribution in [2.45, 2.75) is 0 Å². The molecule has 1 aliphatic rings. The van der Waals surface area contributed by atoms with Crippen molar-refractivity contribution in [3.8, 4) is 22.9 Å². The van der Waals surface area contributed by atoms with Crippen LogP contribution in [0.15, 0.2) is 47.3 Å². The number of benzene rings is 2. The minimum absolute atomic E-state index is 0.178. The highest BCUT2D eigenvalue weighted by atomic mass is 35.5. The standard InChI is InChI=1S/C18H10ClN3O3S/c19-12-4-2-1-3-11(12)16-20-21-18-22(16)17(23)15(26-18)8-10-5-6-13-14(7-10)25-9-24-13/h1-8H,9H2/b15-8+. The van der Waals surface area contributed by atoms with Crippen molar-refractivity contribution in [1.29, 1.82) is 0 Å². The molecule has 1 aliphatic heterocycles. The summed E-state index contributed by atoms with van der Waals surface area (Å²) in [6.07, 6.45) is 1.81. The predicted molar refractivity (Wildman–Crippen MR) is 98.9 cm³/mol. The van der Waals surface area contributed by atoms with Crippen LogP contribution in [0.3, 0.4) is 0 Å². The molecule has 128 valence electrons. The lowest BCUT2D eigenvalue weighted by atomic mass is 10.2. The lowest BCUT2D eigenvalue weighted by Gasteiger charge is -1.99. The van der Waals surface area contributed by atoms with Crippen LogP contribution in [0, 0.1) is 0 Å². The Morgan fingerprint density at radius 1 is 1.12 bits per heavy atom. The Morgan fingerprint density at radius 2 is 1.96 bits per heavy atom. The van der Waals surface area contributed by atoms with Crippen LogP contribution in [-0.4, -0.2) is 21.4 Å². The van der Waals surface area contributed by atoms with Crippen LogP contribution >= 0.6 is 22.9 Å². The first kappa shape index (κ1) is 15.4. The average molecular weight is 384 g/mol. The first-order valence-electron chi connectivity index (χ1n) is 7.75. The smallest absolute Gasteiger partial charge is 0.276 e. The van der Waals surface area contributed by atoms with Crippen molar-refractivity contribution in [2.24, 2.45) is 0 Å². The van der Waals surface area contributed by atoms with Gasteiger partial charge in [-0.1, -0.05) is 41.1 Å². The van der Waals surface area contributed by atoms with E-state index in [0.717, 1.165) is 5.56 Å². The second kappa shape index (κ2) is 5.82. The van der Waals surface area contributed by atoms with Crippen molar-refractivity contribution in [3.05, 3.63) is 67.9 Å². The third-order valence-corrected chi connectivity index (χ3v) is 5.35. The molecule has 4 aromatic rings. The van der Waals surface area contributed by atoms with E-state index in [0.29, 0.717) is 37.4 Å². The fraction of sp³-hybridized carbons (Fsp3) is 0.0556. The Morgan fingerprint density at radius 3 is 2.85 bits per heavy atom. The van der Waals surface area contributed by atoms with Crippen LogP contribution in [0.2, 0.25) is 5.02 Å².